The van der Waals surface area contributed by atoms with Gasteiger partial charge in [-0.05, 0) is 0 Å². The summed E-state index contributed by atoms with van der Waals surface area (Å²) in [6.07, 6.45) is 3.13. The summed E-state index contributed by atoms with van der Waals surface area (Å²) in [5, 5.41) is 21.0. The van der Waals surface area contributed by atoms with Crippen molar-refractivity contribution in [3.63, 3.8) is 0 Å². The molecule has 0 aliphatic heterocycles. The Morgan fingerprint density at radius 1 is 1.55 bits per heavy atom. The number of aromatic nitrogens is 4. The van der Waals surface area contributed by atoms with Crippen molar-refractivity contribution < 1.29 is 14.7 Å². The molecule has 2 aromatic heterocycles. The van der Waals surface area contributed by atoms with Gasteiger partial charge in [-0.25, -0.2) is 9.67 Å². The minimum Gasteiger partial charge on any atom is -0.480 e. The molecule has 0 saturated heterocycles. The molecular weight excluding hydrogens is 284 g/mol. The first kappa shape index (κ1) is 14.1. The van der Waals surface area contributed by atoms with Crippen molar-refractivity contribution in [3.8, 4) is 0 Å². The number of hydrogen-bond donors (Lipinski definition) is 3. The summed E-state index contributed by atoms with van der Waals surface area (Å²) in [4.78, 5) is 26.2. The van der Waals surface area contributed by atoms with Gasteiger partial charge in [0.25, 0.3) is 0 Å². The Bertz CT molecular complexity index is 596. The van der Waals surface area contributed by atoms with Crippen LogP contribution in [0.3, 0.4) is 0 Å². The monoisotopic (exact) mass is 296 g/mol. The molecule has 0 aliphatic rings. The zero-order chi connectivity index (χ0) is 14.5. The molecule has 1 amide bonds. The molecule has 0 radical (unpaired) electrons. The standard InChI is InChI=1S/C10H12N6O3S/c11-7(9(18)19)3-6-4-16(15-14-6)5-8(17)13-10-12-1-2-20-10/h1-2,4,7H,3,5,11H2,(H,18,19)(H,12,13,17). The number of carbonyl (C=O) groups is 2. The van der Waals surface area contributed by atoms with Gasteiger partial charge in [-0.15, -0.1) is 16.4 Å². The van der Waals surface area contributed by atoms with Crippen molar-refractivity contribution in [2.45, 2.75) is 19.0 Å². The largest absolute Gasteiger partial charge is 0.480 e. The van der Waals surface area contributed by atoms with Crippen LogP contribution in [0.25, 0.3) is 0 Å². The predicted octanol–water partition coefficient (Wildman–Crippen LogP) is -0.672. The minimum absolute atomic E-state index is 0.0328. The number of nitrogens with zero attached hydrogens (tertiary/aromatic N) is 4. The minimum atomic E-state index is -1.11. The molecule has 10 heteroatoms. The number of nitrogens with two attached hydrogens (primary N) is 1. The summed E-state index contributed by atoms with van der Waals surface area (Å²) in [6, 6.07) is -1.04. The smallest absolute Gasteiger partial charge is 0.320 e. The number of anilines is 1. The molecule has 4 N–H and O–H groups in total. The van der Waals surface area contributed by atoms with E-state index >= 15 is 0 Å². The fraction of sp³-hybridized carbons (Fsp3) is 0.300. The van der Waals surface area contributed by atoms with Crippen LogP contribution >= 0.6 is 11.3 Å². The van der Waals surface area contributed by atoms with Gasteiger partial charge in [0.2, 0.25) is 5.91 Å². The van der Waals surface area contributed by atoms with E-state index in [1.54, 1.807) is 11.6 Å². The average molecular weight is 296 g/mol. The number of thiazole rings is 1. The van der Waals surface area contributed by atoms with Crippen LogP contribution in [0.2, 0.25) is 0 Å². The molecule has 1 atom stereocenters. The highest BCUT2D eigenvalue weighted by Gasteiger charge is 2.15. The Morgan fingerprint density at radius 3 is 3.00 bits per heavy atom. The van der Waals surface area contributed by atoms with Gasteiger partial charge >= 0.3 is 5.97 Å². The van der Waals surface area contributed by atoms with Gasteiger partial charge in [0.1, 0.15) is 12.6 Å². The summed E-state index contributed by atoms with van der Waals surface area (Å²) < 4.78 is 1.31. The van der Waals surface area contributed by atoms with E-state index in [0.29, 0.717) is 10.8 Å². The Kier molecular flexibility index (Phi) is 4.38. The highest BCUT2D eigenvalue weighted by molar-refractivity contribution is 7.13. The SMILES string of the molecule is NC(Cc1cn(CC(=O)Nc2nccs2)nn1)C(=O)O. The Balaban J connectivity index is 1.89. The maximum atomic E-state index is 11.7. The van der Waals surface area contributed by atoms with E-state index in [2.05, 4.69) is 20.6 Å². The van der Waals surface area contributed by atoms with Crippen molar-refractivity contribution in [1.29, 1.82) is 0 Å². The first-order valence-corrected chi connectivity index (χ1v) is 6.49. The molecule has 0 aromatic carbocycles. The lowest BCUT2D eigenvalue weighted by Crippen LogP contribution is -2.32. The van der Waals surface area contributed by atoms with Crippen LogP contribution < -0.4 is 11.1 Å². The number of nitrogens with one attached hydrogen (secondary N) is 1. The van der Waals surface area contributed by atoms with E-state index in [0.717, 1.165) is 0 Å². The second kappa shape index (κ2) is 6.21. The molecule has 0 aliphatic carbocycles. The van der Waals surface area contributed by atoms with Gasteiger partial charge in [0.05, 0.1) is 5.69 Å². The number of carboxylic acids is 1. The zero-order valence-electron chi connectivity index (χ0n) is 10.3. The Labute approximate surface area is 117 Å². The van der Waals surface area contributed by atoms with Gasteiger partial charge in [-0.2, -0.15) is 0 Å². The van der Waals surface area contributed by atoms with Crippen LogP contribution in [0.15, 0.2) is 17.8 Å². The van der Waals surface area contributed by atoms with Gasteiger partial charge in [-0.3, -0.25) is 9.59 Å². The number of carboxylic acid groups (broad SMARTS) is 1. The number of hydrogen-bond acceptors (Lipinski definition) is 7. The maximum Gasteiger partial charge on any atom is 0.320 e. The van der Waals surface area contributed by atoms with E-state index in [1.165, 1.54) is 22.2 Å². The summed E-state index contributed by atoms with van der Waals surface area (Å²) in [7, 11) is 0. The van der Waals surface area contributed by atoms with Crippen LogP contribution in [0.5, 0.6) is 0 Å². The van der Waals surface area contributed by atoms with Crippen molar-refractivity contribution >= 4 is 28.3 Å². The van der Waals surface area contributed by atoms with Gasteiger partial charge in [-0.1, -0.05) is 5.21 Å². The van der Waals surface area contributed by atoms with E-state index in [-0.39, 0.29) is 18.9 Å². The third kappa shape index (κ3) is 3.83. The van der Waals surface area contributed by atoms with Crippen LogP contribution in [-0.2, 0) is 22.6 Å². The first-order chi connectivity index (χ1) is 9.54. The molecule has 20 heavy (non-hydrogen) atoms. The molecule has 0 saturated carbocycles. The topological polar surface area (TPSA) is 136 Å². The van der Waals surface area contributed by atoms with Crippen LogP contribution in [0.1, 0.15) is 5.69 Å². The van der Waals surface area contributed by atoms with Crippen molar-refractivity contribution in [3.05, 3.63) is 23.5 Å². The zero-order valence-corrected chi connectivity index (χ0v) is 11.1. The van der Waals surface area contributed by atoms with Crippen LogP contribution in [0, 0.1) is 0 Å². The van der Waals surface area contributed by atoms with Crippen molar-refractivity contribution in [1.82, 2.24) is 20.0 Å². The van der Waals surface area contributed by atoms with Crippen LogP contribution in [0.4, 0.5) is 5.13 Å². The summed E-state index contributed by atoms with van der Waals surface area (Å²) in [6.45, 7) is -0.0328. The maximum absolute atomic E-state index is 11.7. The van der Waals surface area contributed by atoms with Gasteiger partial charge in [0.15, 0.2) is 5.13 Å². The highest BCUT2D eigenvalue weighted by atomic mass is 32.1. The normalized spacial score (nSPS) is 12.1. The van der Waals surface area contributed by atoms with E-state index in [1.807, 2.05) is 0 Å². The second-order valence-corrected chi connectivity index (χ2v) is 4.84. The van der Waals surface area contributed by atoms with Gasteiger partial charge in [0, 0.05) is 24.2 Å². The number of amides is 1. The fourth-order valence-electron chi connectivity index (χ4n) is 1.41. The lowest BCUT2D eigenvalue weighted by molar-refractivity contribution is -0.138. The van der Waals surface area contributed by atoms with Crippen LogP contribution in [-0.4, -0.2) is 43.0 Å². The highest BCUT2D eigenvalue weighted by Crippen LogP contribution is 2.10. The van der Waals surface area contributed by atoms with E-state index in [4.69, 9.17) is 10.8 Å². The molecule has 0 spiro atoms. The molecule has 9 nitrogen and oxygen atoms in total. The molecule has 0 fully saturated rings. The van der Waals surface area contributed by atoms with Crippen molar-refractivity contribution in [2.24, 2.45) is 5.73 Å². The molecule has 0 bridgehead atoms. The quantitative estimate of drug-likeness (QED) is 0.643. The Morgan fingerprint density at radius 2 is 2.35 bits per heavy atom. The predicted molar refractivity (Wildman–Crippen MR) is 70.1 cm³/mol. The lowest BCUT2D eigenvalue weighted by Gasteiger charge is -2.02. The number of rotatable bonds is 6. The average Bonchev–Trinajstić information content (AvgIpc) is 3.01. The Hall–Kier alpha value is -2.33. The van der Waals surface area contributed by atoms with E-state index < -0.39 is 12.0 Å². The summed E-state index contributed by atoms with van der Waals surface area (Å²) in [5.74, 6) is -1.40. The number of carbonyl (C=O) groups excluding carboxylic acids is 1. The fourth-order valence-corrected chi connectivity index (χ4v) is 1.96. The molecular formula is C10H12N6O3S. The molecule has 1 unspecified atom stereocenters. The number of aliphatic carboxylic acids is 1. The third-order valence-corrected chi connectivity index (χ3v) is 3.01. The first-order valence-electron chi connectivity index (χ1n) is 5.61. The van der Waals surface area contributed by atoms with E-state index in [9.17, 15) is 9.59 Å². The third-order valence-electron chi connectivity index (χ3n) is 2.32. The lowest BCUT2D eigenvalue weighted by atomic mass is 10.2. The van der Waals surface area contributed by atoms with Gasteiger partial charge < -0.3 is 16.2 Å². The second-order valence-electron chi connectivity index (χ2n) is 3.94. The summed E-state index contributed by atoms with van der Waals surface area (Å²) in [5.41, 5.74) is 5.81. The summed E-state index contributed by atoms with van der Waals surface area (Å²) >= 11 is 1.31. The molecule has 2 heterocycles. The molecule has 2 rings (SSSR count). The molecule has 106 valence electrons. The molecule has 2 aromatic rings. The van der Waals surface area contributed by atoms with Crippen molar-refractivity contribution in [2.75, 3.05) is 5.32 Å².